The fourth-order valence-electron chi connectivity index (χ4n) is 2.50. The molecule has 0 amide bonds. The number of hydrogen-bond acceptors (Lipinski definition) is 4. The van der Waals surface area contributed by atoms with E-state index < -0.39 is 0 Å². The Morgan fingerprint density at radius 3 is 2.50 bits per heavy atom. The predicted molar refractivity (Wildman–Crippen MR) is 131 cm³/mol. The summed E-state index contributed by atoms with van der Waals surface area (Å²) in [6.07, 6.45) is 1.09. The molecular weight excluding hydrogens is 483 g/mol. The lowest BCUT2D eigenvalue weighted by Crippen LogP contribution is -2.36. The predicted octanol–water partition coefficient (Wildman–Crippen LogP) is 4.12. The number of halogens is 1. The van der Waals surface area contributed by atoms with Crippen molar-refractivity contribution in [2.24, 2.45) is 4.99 Å². The number of aryl methyl sites for hydroxylation is 1. The van der Waals surface area contributed by atoms with Crippen molar-refractivity contribution < 1.29 is 4.74 Å². The molecule has 0 aliphatic heterocycles. The molecular formula is C21H33IN4OS. The summed E-state index contributed by atoms with van der Waals surface area (Å²) in [5.74, 6) is 1.73. The van der Waals surface area contributed by atoms with Gasteiger partial charge in [0.2, 0.25) is 0 Å². The van der Waals surface area contributed by atoms with Gasteiger partial charge in [-0.1, -0.05) is 25.1 Å². The summed E-state index contributed by atoms with van der Waals surface area (Å²) in [5, 5.41) is 6.74. The molecule has 1 aromatic carbocycles. The van der Waals surface area contributed by atoms with Gasteiger partial charge in [-0.05, 0) is 45.6 Å². The molecule has 7 heteroatoms. The SMILES string of the molecule is CCNC(=NCc1ccccc1OCCN(C)C)NCc1ccc(CC)s1.I. The molecule has 2 rings (SSSR count). The lowest BCUT2D eigenvalue weighted by molar-refractivity contribution is 0.259. The monoisotopic (exact) mass is 516 g/mol. The van der Waals surface area contributed by atoms with Crippen LogP contribution in [-0.4, -0.2) is 44.7 Å². The molecule has 2 aromatic rings. The van der Waals surface area contributed by atoms with E-state index in [1.165, 1.54) is 9.75 Å². The maximum absolute atomic E-state index is 5.93. The Kier molecular flexibility index (Phi) is 12.2. The number of benzene rings is 1. The first-order chi connectivity index (χ1) is 13.1. The number of aliphatic imine (C=N–C) groups is 1. The zero-order valence-corrected chi connectivity index (χ0v) is 20.5. The summed E-state index contributed by atoms with van der Waals surface area (Å²) in [7, 11) is 4.09. The van der Waals surface area contributed by atoms with E-state index in [0.717, 1.165) is 43.3 Å². The molecule has 0 saturated heterocycles. The number of thiophene rings is 1. The Bertz CT molecular complexity index is 718. The van der Waals surface area contributed by atoms with E-state index in [0.29, 0.717) is 13.2 Å². The van der Waals surface area contributed by atoms with Crippen LogP contribution in [0.3, 0.4) is 0 Å². The highest BCUT2D eigenvalue weighted by Crippen LogP contribution is 2.19. The van der Waals surface area contributed by atoms with Crippen LogP contribution in [0.15, 0.2) is 41.4 Å². The van der Waals surface area contributed by atoms with Gasteiger partial charge >= 0.3 is 0 Å². The van der Waals surface area contributed by atoms with Gasteiger partial charge in [0, 0.05) is 28.4 Å². The molecule has 0 unspecified atom stereocenters. The zero-order chi connectivity index (χ0) is 19.5. The van der Waals surface area contributed by atoms with Crippen molar-refractivity contribution in [3.05, 3.63) is 51.7 Å². The zero-order valence-electron chi connectivity index (χ0n) is 17.3. The largest absolute Gasteiger partial charge is 0.492 e. The molecule has 28 heavy (non-hydrogen) atoms. The smallest absolute Gasteiger partial charge is 0.191 e. The molecule has 0 spiro atoms. The lowest BCUT2D eigenvalue weighted by Gasteiger charge is -2.14. The highest BCUT2D eigenvalue weighted by molar-refractivity contribution is 14.0. The van der Waals surface area contributed by atoms with E-state index in [2.05, 4.69) is 47.6 Å². The van der Waals surface area contributed by atoms with Crippen molar-refractivity contribution in [3.8, 4) is 5.75 Å². The number of para-hydroxylation sites is 1. The minimum Gasteiger partial charge on any atom is -0.492 e. The van der Waals surface area contributed by atoms with Crippen LogP contribution in [0, 0.1) is 0 Å². The number of rotatable bonds is 10. The Labute approximate surface area is 190 Å². The van der Waals surface area contributed by atoms with Gasteiger partial charge in [0.05, 0.1) is 13.1 Å². The van der Waals surface area contributed by atoms with Crippen molar-refractivity contribution in [3.63, 3.8) is 0 Å². The summed E-state index contributed by atoms with van der Waals surface area (Å²) >= 11 is 1.85. The maximum atomic E-state index is 5.93. The third kappa shape index (κ3) is 8.79. The van der Waals surface area contributed by atoms with Gasteiger partial charge in [-0.25, -0.2) is 4.99 Å². The Hall–Kier alpha value is -1.32. The minimum absolute atomic E-state index is 0. The van der Waals surface area contributed by atoms with E-state index in [9.17, 15) is 0 Å². The summed E-state index contributed by atoms with van der Waals surface area (Å²) < 4.78 is 5.93. The molecule has 5 nitrogen and oxygen atoms in total. The van der Waals surface area contributed by atoms with E-state index in [-0.39, 0.29) is 24.0 Å². The molecule has 0 fully saturated rings. The first-order valence-electron chi connectivity index (χ1n) is 9.57. The van der Waals surface area contributed by atoms with Crippen molar-refractivity contribution in [2.45, 2.75) is 33.4 Å². The van der Waals surface area contributed by atoms with Crippen molar-refractivity contribution in [1.29, 1.82) is 0 Å². The van der Waals surface area contributed by atoms with E-state index in [1.807, 2.05) is 43.6 Å². The number of guanidine groups is 1. The molecule has 0 aliphatic rings. The van der Waals surface area contributed by atoms with Gasteiger partial charge < -0.3 is 20.3 Å². The third-order valence-electron chi connectivity index (χ3n) is 4.02. The molecule has 0 radical (unpaired) electrons. The van der Waals surface area contributed by atoms with Crippen LogP contribution in [0.2, 0.25) is 0 Å². The maximum Gasteiger partial charge on any atom is 0.191 e. The van der Waals surface area contributed by atoms with Gasteiger partial charge in [-0.3, -0.25) is 0 Å². The van der Waals surface area contributed by atoms with Gasteiger partial charge in [-0.2, -0.15) is 0 Å². The fraction of sp³-hybridized carbons (Fsp3) is 0.476. The van der Waals surface area contributed by atoms with Crippen LogP contribution < -0.4 is 15.4 Å². The van der Waals surface area contributed by atoms with Crippen molar-refractivity contribution >= 4 is 41.3 Å². The molecule has 0 saturated carbocycles. The van der Waals surface area contributed by atoms with Crippen LogP contribution in [0.1, 0.15) is 29.2 Å². The van der Waals surface area contributed by atoms with Gasteiger partial charge in [0.25, 0.3) is 0 Å². The van der Waals surface area contributed by atoms with Crippen LogP contribution >= 0.6 is 35.3 Å². The molecule has 0 atom stereocenters. The van der Waals surface area contributed by atoms with Crippen LogP contribution in [0.5, 0.6) is 5.75 Å². The second-order valence-electron chi connectivity index (χ2n) is 6.53. The standard InChI is InChI=1S/C21H32N4OS.HI/c1-5-18-11-12-19(27-18)16-24-21(22-6-2)23-15-17-9-7-8-10-20(17)26-14-13-25(3)4;/h7-12H,5-6,13-16H2,1-4H3,(H2,22,23,24);1H. The number of nitrogens with zero attached hydrogens (tertiary/aromatic N) is 2. The number of ether oxygens (including phenoxy) is 1. The molecule has 156 valence electrons. The summed E-state index contributed by atoms with van der Waals surface area (Å²) in [6.45, 7) is 8.03. The normalized spacial score (nSPS) is 11.2. The summed E-state index contributed by atoms with van der Waals surface area (Å²) in [5.41, 5.74) is 1.10. The average molecular weight is 516 g/mol. The molecule has 0 aliphatic carbocycles. The number of nitrogens with one attached hydrogen (secondary N) is 2. The highest BCUT2D eigenvalue weighted by atomic mass is 127. The minimum atomic E-state index is 0. The lowest BCUT2D eigenvalue weighted by atomic mass is 10.2. The first kappa shape index (κ1) is 24.7. The Morgan fingerprint density at radius 1 is 1.07 bits per heavy atom. The van der Waals surface area contributed by atoms with E-state index in [1.54, 1.807) is 0 Å². The molecule has 1 heterocycles. The van der Waals surface area contributed by atoms with Crippen molar-refractivity contribution in [1.82, 2.24) is 15.5 Å². The topological polar surface area (TPSA) is 48.9 Å². The second kappa shape index (κ2) is 13.8. The molecule has 0 bridgehead atoms. The van der Waals surface area contributed by atoms with Gasteiger partial charge in [0.1, 0.15) is 12.4 Å². The van der Waals surface area contributed by atoms with Crippen LogP contribution in [-0.2, 0) is 19.5 Å². The average Bonchev–Trinajstić information content (AvgIpc) is 3.13. The quantitative estimate of drug-likeness (QED) is 0.284. The first-order valence-corrected chi connectivity index (χ1v) is 10.4. The number of hydrogen-bond donors (Lipinski definition) is 2. The summed E-state index contributed by atoms with van der Waals surface area (Å²) in [4.78, 5) is 9.59. The van der Waals surface area contributed by atoms with E-state index in [4.69, 9.17) is 9.73 Å². The molecule has 2 N–H and O–H groups in total. The number of likely N-dealkylation sites (N-methyl/N-ethyl adjacent to an activating group) is 1. The molecule has 1 aromatic heterocycles. The second-order valence-corrected chi connectivity index (χ2v) is 7.78. The van der Waals surface area contributed by atoms with Crippen LogP contribution in [0.4, 0.5) is 0 Å². The summed E-state index contributed by atoms with van der Waals surface area (Å²) in [6, 6.07) is 12.5. The highest BCUT2D eigenvalue weighted by Gasteiger charge is 2.05. The van der Waals surface area contributed by atoms with Crippen molar-refractivity contribution in [2.75, 3.05) is 33.8 Å². The van der Waals surface area contributed by atoms with E-state index >= 15 is 0 Å². The van der Waals surface area contributed by atoms with Crippen LogP contribution in [0.25, 0.3) is 0 Å². The fourth-order valence-corrected chi connectivity index (χ4v) is 3.40. The Balaban J connectivity index is 0.00000392. The Morgan fingerprint density at radius 2 is 1.82 bits per heavy atom. The van der Waals surface area contributed by atoms with Gasteiger partial charge in [0.15, 0.2) is 5.96 Å². The van der Waals surface area contributed by atoms with Gasteiger partial charge in [-0.15, -0.1) is 35.3 Å². The third-order valence-corrected chi connectivity index (χ3v) is 5.25.